The first kappa shape index (κ1) is 8.72. The Morgan fingerprint density at radius 2 is 1.91 bits per heavy atom. The van der Waals surface area contributed by atoms with Gasteiger partial charge in [0.15, 0.2) is 5.78 Å². The van der Waals surface area contributed by atoms with Gasteiger partial charge in [0.25, 0.3) is 0 Å². The van der Waals surface area contributed by atoms with Crippen molar-refractivity contribution in [2.45, 2.75) is 46.3 Å². The second-order valence-electron chi connectivity index (χ2n) is 4.47. The molecule has 2 nitrogen and oxygen atoms in total. The first-order chi connectivity index (χ1) is 4.90. The topological polar surface area (TPSA) is 29.6 Å². The number of epoxide rings is 1. The largest absolute Gasteiger partial charge is 0.362 e. The predicted molar refractivity (Wildman–Crippen MR) is 43.4 cm³/mol. The number of rotatable bonds is 2. The third-order valence-electron chi connectivity index (χ3n) is 1.73. The normalized spacial score (nSPS) is 30.2. The zero-order valence-corrected chi connectivity index (χ0v) is 7.68. The molecular weight excluding hydrogens is 140 g/mol. The van der Waals surface area contributed by atoms with Crippen molar-refractivity contribution in [1.29, 1.82) is 0 Å². The Morgan fingerprint density at radius 3 is 2.18 bits per heavy atom. The molecule has 1 fully saturated rings. The van der Waals surface area contributed by atoms with Crippen LogP contribution >= 0.6 is 0 Å². The molecule has 1 aliphatic heterocycles. The highest BCUT2D eigenvalue weighted by atomic mass is 16.6. The van der Waals surface area contributed by atoms with Crippen molar-refractivity contribution >= 4 is 5.78 Å². The minimum absolute atomic E-state index is 0.0887. The molecule has 0 amide bonds. The zero-order chi connectivity index (χ0) is 8.65. The number of hydrogen-bond acceptors (Lipinski definition) is 2. The molecule has 1 aliphatic rings. The van der Waals surface area contributed by atoms with Gasteiger partial charge in [-0.1, -0.05) is 20.8 Å². The molecule has 2 heteroatoms. The van der Waals surface area contributed by atoms with Crippen LogP contribution in [0, 0.1) is 5.41 Å². The highest BCUT2D eigenvalue weighted by Crippen LogP contribution is 2.28. The van der Waals surface area contributed by atoms with Crippen LogP contribution in [0.25, 0.3) is 0 Å². The maximum Gasteiger partial charge on any atom is 0.164 e. The number of hydrogen-bond donors (Lipinski definition) is 0. The fourth-order valence-corrected chi connectivity index (χ4v) is 1.15. The maximum atomic E-state index is 11.3. The Bertz CT molecular complexity index is 167. The Balaban J connectivity index is 2.33. The molecule has 0 N–H and O–H groups in total. The lowest BCUT2D eigenvalue weighted by Crippen LogP contribution is -2.17. The molecule has 0 radical (unpaired) electrons. The molecule has 0 saturated carbocycles. The van der Waals surface area contributed by atoms with Gasteiger partial charge in [-0.05, 0) is 12.3 Å². The van der Waals surface area contributed by atoms with Gasteiger partial charge in [-0.15, -0.1) is 0 Å². The molecule has 0 aromatic heterocycles. The lowest BCUT2D eigenvalue weighted by molar-refractivity contribution is -0.121. The molecule has 1 saturated heterocycles. The molecule has 2 atom stereocenters. The summed E-state index contributed by atoms with van der Waals surface area (Å²) in [6.45, 7) is 8.14. The average Bonchev–Trinajstić information content (AvgIpc) is 2.41. The molecule has 1 heterocycles. The summed E-state index contributed by atoms with van der Waals surface area (Å²) in [6.07, 6.45) is 0.709. The fourth-order valence-electron chi connectivity index (χ4n) is 1.15. The van der Waals surface area contributed by atoms with Crippen LogP contribution in [0.5, 0.6) is 0 Å². The quantitative estimate of drug-likeness (QED) is 0.570. The predicted octanol–water partition coefficient (Wildman–Crippen LogP) is 1.78. The highest BCUT2D eigenvalue weighted by molar-refractivity contribution is 5.86. The van der Waals surface area contributed by atoms with Gasteiger partial charge in [0.1, 0.15) is 6.10 Å². The summed E-state index contributed by atoms with van der Waals surface area (Å²) in [5.74, 6) is 0.255. The van der Waals surface area contributed by atoms with Crippen LogP contribution in [0.15, 0.2) is 0 Å². The Hall–Kier alpha value is -0.370. The van der Waals surface area contributed by atoms with E-state index < -0.39 is 0 Å². The van der Waals surface area contributed by atoms with E-state index in [0.29, 0.717) is 6.42 Å². The van der Waals surface area contributed by atoms with Gasteiger partial charge in [-0.2, -0.15) is 0 Å². The molecule has 2 unspecified atom stereocenters. The summed E-state index contributed by atoms with van der Waals surface area (Å²) in [7, 11) is 0. The maximum absolute atomic E-state index is 11.3. The van der Waals surface area contributed by atoms with E-state index in [-0.39, 0.29) is 23.4 Å². The van der Waals surface area contributed by atoms with E-state index in [2.05, 4.69) is 20.8 Å². The van der Waals surface area contributed by atoms with Gasteiger partial charge in [-0.3, -0.25) is 4.79 Å². The van der Waals surface area contributed by atoms with Crippen LogP contribution in [0.3, 0.4) is 0 Å². The van der Waals surface area contributed by atoms with E-state index >= 15 is 0 Å². The monoisotopic (exact) mass is 156 g/mol. The van der Waals surface area contributed by atoms with E-state index in [9.17, 15) is 4.79 Å². The van der Waals surface area contributed by atoms with Gasteiger partial charge < -0.3 is 4.74 Å². The van der Waals surface area contributed by atoms with Crippen molar-refractivity contribution in [1.82, 2.24) is 0 Å². The van der Waals surface area contributed by atoms with Crippen LogP contribution in [-0.4, -0.2) is 18.0 Å². The highest BCUT2D eigenvalue weighted by Gasteiger charge is 2.41. The number of carbonyl (C=O) groups is 1. The first-order valence-electron chi connectivity index (χ1n) is 4.08. The van der Waals surface area contributed by atoms with Crippen molar-refractivity contribution in [2.75, 3.05) is 0 Å². The second-order valence-corrected chi connectivity index (χ2v) is 4.47. The lowest BCUT2D eigenvalue weighted by Gasteiger charge is -2.15. The van der Waals surface area contributed by atoms with Gasteiger partial charge >= 0.3 is 0 Å². The zero-order valence-electron chi connectivity index (χ0n) is 7.68. The number of ketones is 1. The summed E-state index contributed by atoms with van der Waals surface area (Å²) in [4.78, 5) is 11.3. The summed E-state index contributed by atoms with van der Waals surface area (Å²) >= 11 is 0. The number of ether oxygens (including phenoxy) is 1. The third-order valence-corrected chi connectivity index (χ3v) is 1.73. The van der Waals surface area contributed by atoms with Gasteiger partial charge in [0, 0.05) is 6.42 Å². The molecule has 11 heavy (non-hydrogen) atoms. The average molecular weight is 156 g/mol. The van der Waals surface area contributed by atoms with E-state index in [4.69, 9.17) is 4.74 Å². The van der Waals surface area contributed by atoms with Crippen LogP contribution in [0.4, 0.5) is 0 Å². The van der Waals surface area contributed by atoms with Crippen LogP contribution in [0.1, 0.15) is 34.1 Å². The molecule has 1 rings (SSSR count). The van der Waals surface area contributed by atoms with E-state index in [1.165, 1.54) is 0 Å². The molecule has 0 spiro atoms. The Kier molecular flexibility index (Phi) is 2.06. The van der Waals surface area contributed by atoms with E-state index in [1.807, 2.05) is 6.92 Å². The van der Waals surface area contributed by atoms with Crippen molar-refractivity contribution in [3.8, 4) is 0 Å². The van der Waals surface area contributed by atoms with Gasteiger partial charge in [0.05, 0.1) is 6.10 Å². The standard InChI is InChI=1S/C9H16O2/c1-6-8(11-6)7(10)5-9(2,3)4/h6,8H,5H2,1-4H3. The van der Waals surface area contributed by atoms with Crippen LogP contribution in [0.2, 0.25) is 0 Å². The van der Waals surface area contributed by atoms with Crippen molar-refractivity contribution in [3.63, 3.8) is 0 Å². The minimum Gasteiger partial charge on any atom is -0.362 e. The Morgan fingerprint density at radius 1 is 1.45 bits per heavy atom. The molecule has 0 aromatic carbocycles. The van der Waals surface area contributed by atoms with Crippen LogP contribution in [-0.2, 0) is 9.53 Å². The third kappa shape index (κ3) is 2.62. The fraction of sp³-hybridized carbons (Fsp3) is 0.889. The minimum atomic E-state index is -0.0887. The molecule has 64 valence electrons. The van der Waals surface area contributed by atoms with Crippen LogP contribution < -0.4 is 0 Å². The summed E-state index contributed by atoms with van der Waals surface area (Å²) in [5, 5.41) is 0. The SMILES string of the molecule is CC1OC1C(=O)CC(C)(C)C. The lowest BCUT2D eigenvalue weighted by atomic mass is 9.89. The first-order valence-corrected chi connectivity index (χ1v) is 4.08. The summed E-state index contributed by atoms with van der Waals surface area (Å²) < 4.78 is 5.07. The Labute approximate surface area is 67.9 Å². The summed E-state index contributed by atoms with van der Waals surface area (Å²) in [5.41, 5.74) is 0.1000. The van der Waals surface area contributed by atoms with Crippen molar-refractivity contribution in [2.24, 2.45) is 5.41 Å². The van der Waals surface area contributed by atoms with E-state index in [1.54, 1.807) is 0 Å². The molecular formula is C9H16O2. The second kappa shape index (κ2) is 2.59. The molecule has 0 aromatic rings. The number of Topliss-reactive ketones (excluding diaryl/α,β-unsaturated/α-hetero) is 1. The van der Waals surface area contributed by atoms with Crippen molar-refractivity contribution < 1.29 is 9.53 Å². The van der Waals surface area contributed by atoms with Gasteiger partial charge in [0.2, 0.25) is 0 Å². The summed E-state index contributed by atoms with van der Waals surface area (Å²) in [6, 6.07) is 0. The molecule has 0 aliphatic carbocycles. The van der Waals surface area contributed by atoms with Crippen molar-refractivity contribution in [3.05, 3.63) is 0 Å². The van der Waals surface area contributed by atoms with E-state index in [0.717, 1.165) is 0 Å². The van der Waals surface area contributed by atoms with Gasteiger partial charge in [-0.25, -0.2) is 0 Å². The smallest absolute Gasteiger partial charge is 0.164 e. The molecule has 0 bridgehead atoms. The number of carbonyl (C=O) groups excluding carboxylic acids is 1.